The van der Waals surface area contributed by atoms with Crippen LogP contribution < -0.4 is 14.8 Å². The zero-order valence-electron chi connectivity index (χ0n) is 12.2. The van der Waals surface area contributed by atoms with Crippen LogP contribution in [-0.2, 0) is 20.7 Å². The number of hydrogen-bond acceptors (Lipinski definition) is 5. The Kier molecular flexibility index (Phi) is 6.48. The average Bonchev–Trinajstić information content (AvgIpc) is 2.47. The maximum Gasteiger partial charge on any atom is 0.328 e. The number of rotatable bonds is 8. The van der Waals surface area contributed by atoms with E-state index in [1.165, 1.54) is 21.3 Å². The van der Waals surface area contributed by atoms with Crippen LogP contribution in [0.15, 0.2) is 18.2 Å². The molecule has 21 heavy (non-hydrogen) atoms. The van der Waals surface area contributed by atoms with E-state index in [4.69, 9.17) is 19.3 Å². The number of methoxy groups -OCH3 is 3. The molecule has 1 aromatic carbocycles. The molecule has 1 aromatic rings. The van der Waals surface area contributed by atoms with E-state index in [0.717, 1.165) is 0 Å². The zero-order chi connectivity index (χ0) is 15.8. The molecule has 7 nitrogen and oxygen atoms in total. The minimum absolute atomic E-state index is 0.000657. The number of carbonyl (C=O) groups is 2. The van der Waals surface area contributed by atoms with Crippen LogP contribution in [0.4, 0.5) is 0 Å². The monoisotopic (exact) mass is 297 g/mol. The molecule has 0 aliphatic carbocycles. The van der Waals surface area contributed by atoms with Gasteiger partial charge in [-0.15, -0.1) is 0 Å². The molecule has 0 bridgehead atoms. The van der Waals surface area contributed by atoms with E-state index in [2.05, 4.69) is 5.32 Å². The molecular weight excluding hydrogens is 278 g/mol. The van der Waals surface area contributed by atoms with E-state index < -0.39 is 17.9 Å². The summed E-state index contributed by atoms with van der Waals surface area (Å²) >= 11 is 0. The molecule has 0 aliphatic rings. The van der Waals surface area contributed by atoms with Gasteiger partial charge in [-0.2, -0.15) is 0 Å². The van der Waals surface area contributed by atoms with Crippen molar-refractivity contribution in [1.82, 2.24) is 5.32 Å². The Morgan fingerprint density at radius 2 is 1.95 bits per heavy atom. The van der Waals surface area contributed by atoms with Gasteiger partial charge in [-0.3, -0.25) is 4.79 Å². The minimum Gasteiger partial charge on any atom is -0.497 e. The van der Waals surface area contributed by atoms with Gasteiger partial charge in [-0.1, -0.05) is 6.07 Å². The van der Waals surface area contributed by atoms with Gasteiger partial charge in [-0.05, 0) is 6.07 Å². The first-order chi connectivity index (χ1) is 10.0. The third kappa shape index (κ3) is 4.96. The molecule has 1 rings (SSSR count). The molecule has 0 heterocycles. The standard InChI is InChI=1S/C14H19NO6/c1-19-8-11(14(17)18)15-13(16)6-9-4-5-10(20-2)7-12(9)21-3/h4-5,7,11H,6,8H2,1-3H3,(H,15,16)(H,17,18). The number of ether oxygens (including phenoxy) is 3. The first-order valence-electron chi connectivity index (χ1n) is 6.23. The van der Waals surface area contributed by atoms with E-state index in [1.54, 1.807) is 18.2 Å². The lowest BCUT2D eigenvalue weighted by atomic mass is 10.1. The van der Waals surface area contributed by atoms with Crippen molar-refractivity contribution in [3.63, 3.8) is 0 Å². The summed E-state index contributed by atoms with van der Waals surface area (Å²) in [5, 5.41) is 11.3. The molecule has 0 fully saturated rings. The van der Waals surface area contributed by atoms with Gasteiger partial charge in [0.1, 0.15) is 11.5 Å². The normalized spacial score (nSPS) is 11.6. The Labute approximate surface area is 122 Å². The molecular formula is C14H19NO6. The fourth-order valence-electron chi connectivity index (χ4n) is 1.76. The Morgan fingerprint density at radius 1 is 1.24 bits per heavy atom. The van der Waals surface area contributed by atoms with Crippen LogP contribution in [0, 0.1) is 0 Å². The minimum atomic E-state index is -1.15. The molecule has 0 aromatic heterocycles. The molecule has 1 amide bonds. The Bertz CT molecular complexity index is 502. The van der Waals surface area contributed by atoms with Crippen molar-refractivity contribution in [2.24, 2.45) is 0 Å². The number of aliphatic carboxylic acids is 1. The van der Waals surface area contributed by atoms with Gasteiger partial charge in [0.05, 0.1) is 27.2 Å². The molecule has 0 saturated heterocycles. The highest BCUT2D eigenvalue weighted by molar-refractivity contribution is 5.85. The van der Waals surface area contributed by atoms with Gasteiger partial charge in [0.25, 0.3) is 0 Å². The lowest BCUT2D eigenvalue weighted by molar-refractivity contribution is -0.143. The second-order valence-electron chi connectivity index (χ2n) is 4.27. The Hall–Kier alpha value is -2.28. The lowest BCUT2D eigenvalue weighted by Crippen LogP contribution is -2.44. The number of hydrogen-bond donors (Lipinski definition) is 2. The van der Waals surface area contributed by atoms with Gasteiger partial charge in [0.2, 0.25) is 5.91 Å². The number of benzene rings is 1. The van der Waals surface area contributed by atoms with Crippen molar-refractivity contribution in [1.29, 1.82) is 0 Å². The zero-order valence-corrected chi connectivity index (χ0v) is 12.2. The van der Waals surface area contributed by atoms with E-state index in [9.17, 15) is 9.59 Å². The summed E-state index contributed by atoms with van der Waals surface area (Å²) < 4.78 is 15.0. The highest BCUT2D eigenvalue weighted by Gasteiger charge is 2.20. The van der Waals surface area contributed by atoms with Crippen LogP contribution in [0.2, 0.25) is 0 Å². The SMILES string of the molecule is COCC(NC(=O)Cc1ccc(OC)cc1OC)C(=O)O. The Balaban J connectivity index is 2.76. The molecule has 116 valence electrons. The van der Waals surface area contributed by atoms with Crippen molar-refractivity contribution in [3.05, 3.63) is 23.8 Å². The molecule has 0 saturated carbocycles. The van der Waals surface area contributed by atoms with Crippen LogP contribution >= 0.6 is 0 Å². The first-order valence-corrected chi connectivity index (χ1v) is 6.23. The molecule has 1 unspecified atom stereocenters. The smallest absolute Gasteiger partial charge is 0.328 e. The van der Waals surface area contributed by atoms with Crippen LogP contribution in [-0.4, -0.2) is 51.0 Å². The molecule has 0 aliphatic heterocycles. The maximum absolute atomic E-state index is 11.9. The highest BCUT2D eigenvalue weighted by Crippen LogP contribution is 2.24. The summed E-state index contributed by atoms with van der Waals surface area (Å²) in [5.41, 5.74) is 0.636. The summed E-state index contributed by atoms with van der Waals surface area (Å²) in [4.78, 5) is 22.9. The van der Waals surface area contributed by atoms with Crippen LogP contribution in [0.25, 0.3) is 0 Å². The van der Waals surface area contributed by atoms with E-state index in [0.29, 0.717) is 17.1 Å². The molecule has 0 spiro atoms. The second-order valence-corrected chi connectivity index (χ2v) is 4.27. The number of amides is 1. The second kappa shape index (κ2) is 8.11. The highest BCUT2D eigenvalue weighted by atomic mass is 16.5. The van der Waals surface area contributed by atoms with Crippen molar-refractivity contribution < 1.29 is 28.9 Å². The molecule has 1 atom stereocenters. The third-order valence-corrected chi connectivity index (χ3v) is 2.81. The summed E-state index contributed by atoms with van der Waals surface area (Å²) in [5.74, 6) is -0.461. The maximum atomic E-state index is 11.9. The number of nitrogens with one attached hydrogen (secondary N) is 1. The number of carboxylic acid groups (broad SMARTS) is 1. The van der Waals surface area contributed by atoms with Crippen molar-refractivity contribution in [3.8, 4) is 11.5 Å². The van der Waals surface area contributed by atoms with Crippen LogP contribution in [0.3, 0.4) is 0 Å². The van der Waals surface area contributed by atoms with Gasteiger partial charge in [-0.25, -0.2) is 4.79 Å². The van der Waals surface area contributed by atoms with E-state index >= 15 is 0 Å². The average molecular weight is 297 g/mol. The summed E-state index contributed by atoms with van der Waals surface area (Å²) in [7, 11) is 4.39. The quantitative estimate of drug-likeness (QED) is 0.724. The van der Waals surface area contributed by atoms with Crippen LogP contribution in [0.5, 0.6) is 11.5 Å². The summed E-state index contributed by atoms with van der Waals surface area (Å²) in [6, 6.07) is 3.98. The van der Waals surface area contributed by atoms with Crippen molar-refractivity contribution >= 4 is 11.9 Å². The molecule has 7 heteroatoms. The van der Waals surface area contributed by atoms with Gasteiger partial charge >= 0.3 is 5.97 Å². The fraction of sp³-hybridized carbons (Fsp3) is 0.429. The van der Waals surface area contributed by atoms with Gasteiger partial charge < -0.3 is 24.6 Å². The lowest BCUT2D eigenvalue weighted by Gasteiger charge is -2.14. The number of carboxylic acids is 1. The Morgan fingerprint density at radius 3 is 2.48 bits per heavy atom. The van der Waals surface area contributed by atoms with Crippen LogP contribution in [0.1, 0.15) is 5.56 Å². The molecule has 0 radical (unpaired) electrons. The van der Waals surface area contributed by atoms with Crippen molar-refractivity contribution in [2.75, 3.05) is 27.9 Å². The van der Waals surface area contributed by atoms with E-state index in [-0.39, 0.29) is 13.0 Å². The predicted molar refractivity (Wildman–Crippen MR) is 74.7 cm³/mol. The van der Waals surface area contributed by atoms with Gasteiger partial charge in [0, 0.05) is 18.7 Å². The van der Waals surface area contributed by atoms with Gasteiger partial charge in [0.15, 0.2) is 6.04 Å². The first kappa shape index (κ1) is 16.8. The number of carbonyl (C=O) groups excluding carboxylic acids is 1. The summed E-state index contributed by atoms with van der Waals surface area (Å²) in [6.07, 6.45) is 0.000657. The fourth-order valence-corrected chi connectivity index (χ4v) is 1.76. The van der Waals surface area contributed by atoms with Crippen molar-refractivity contribution in [2.45, 2.75) is 12.5 Å². The third-order valence-electron chi connectivity index (χ3n) is 2.81. The summed E-state index contributed by atoms with van der Waals surface area (Å²) in [6.45, 7) is -0.0964. The topological polar surface area (TPSA) is 94.1 Å². The molecule has 2 N–H and O–H groups in total. The van der Waals surface area contributed by atoms with E-state index in [1.807, 2.05) is 0 Å². The largest absolute Gasteiger partial charge is 0.497 e. The predicted octanol–water partition coefficient (Wildman–Crippen LogP) is 0.462.